The second-order valence-corrected chi connectivity index (χ2v) is 10.1. The lowest BCUT2D eigenvalue weighted by molar-refractivity contribution is -0.116. The average molecular weight is 495 g/mol. The Kier molecular flexibility index (Phi) is 6.80. The van der Waals surface area contributed by atoms with E-state index in [0.29, 0.717) is 26.0 Å². The number of amides is 1. The number of nitrogens with zero attached hydrogens (tertiary/aromatic N) is 3. The highest BCUT2D eigenvalue weighted by atomic mass is 32.2. The SMILES string of the molecule is CCSc1nc2c(s1)c(=O)n(-c1ccc(C)cc1)c(=O)n2CC(=O)Nc1ccc(C(C)=O)cc1. The molecule has 0 atom stereocenters. The van der Waals surface area contributed by atoms with Crippen molar-refractivity contribution in [2.24, 2.45) is 0 Å². The summed E-state index contributed by atoms with van der Waals surface area (Å²) >= 11 is 2.68. The van der Waals surface area contributed by atoms with Crippen LogP contribution < -0.4 is 16.6 Å². The van der Waals surface area contributed by atoms with Crippen LogP contribution in [0, 0.1) is 6.92 Å². The number of carbonyl (C=O) groups excluding carboxylic acids is 2. The Morgan fingerprint density at radius 1 is 1.06 bits per heavy atom. The van der Waals surface area contributed by atoms with Gasteiger partial charge in [0.15, 0.2) is 15.8 Å². The molecule has 0 spiro atoms. The molecule has 0 unspecified atom stereocenters. The number of aryl methyl sites for hydroxylation is 1. The van der Waals surface area contributed by atoms with Crippen LogP contribution >= 0.6 is 23.1 Å². The zero-order valence-electron chi connectivity index (χ0n) is 18.8. The maximum atomic E-state index is 13.4. The van der Waals surface area contributed by atoms with Crippen molar-refractivity contribution in [2.45, 2.75) is 31.7 Å². The van der Waals surface area contributed by atoms with Crippen LogP contribution in [0.15, 0.2) is 62.5 Å². The number of rotatable bonds is 7. The zero-order valence-corrected chi connectivity index (χ0v) is 20.5. The van der Waals surface area contributed by atoms with E-state index in [-0.39, 0.29) is 18.0 Å². The molecule has 34 heavy (non-hydrogen) atoms. The minimum Gasteiger partial charge on any atom is -0.325 e. The number of thioether (sulfide) groups is 1. The molecule has 2 aromatic heterocycles. The molecular formula is C24H22N4O4S2. The summed E-state index contributed by atoms with van der Waals surface area (Å²) in [7, 11) is 0. The smallest absolute Gasteiger partial charge is 0.325 e. The first-order valence-corrected chi connectivity index (χ1v) is 12.4. The van der Waals surface area contributed by atoms with Crippen molar-refractivity contribution in [2.75, 3.05) is 11.1 Å². The summed E-state index contributed by atoms with van der Waals surface area (Å²) in [6, 6.07) is 13.5. The average Bonchev–Trinajstić information content (AvgIpc) is 3.23. The van der Waals surface area contributed by atoms with E-state index in [0.717, 1.165) is 15.9 Å². The molecule has 10 heteroatoms. The third-order valence-corrected chi connectivity index (χ3v) is 7.16. The number of hydrogen-bond acceptors (Lipinski definition) is 7. The predicted molar refractivity (Wildman–Crippen MR) is 136 cm³/mol. The molecule has 174 valence electrons. The van der Waals surface area contributed by atoms with Gasteiger partial charge in [-0.1, -0.05) is 36.4 Å². The lowest BCUT2D eigenvalue weighted by atomic mass is 10.1. The molecule has 1 amide bonds. The number of carbonyl (C=O) groups is 2. The number of aromatic nitrogens is 3. The van der Waals surface area contributed by atoms with Gasteiger partial charge in [-0.3, -0.25) is 19.0 Å². The molecule has 8 nitrogen and oxygen atoms in total. The largest absolute Gasteiger partial charge is 0.337 e. The first-order chi connectivity index (χ1) is 16.3. The van der Waals surface area contributed by atoms with Crippen LogP contribution in [0.25, 0.3) is 16.0 Å². The number of hydrogen-bond donors (Lipinski definition) is 1. The third kappa shape index (κ3) is 4.73. The van der Waals surface area contributed by atoms with Crippen molar-refractivity contribution in [1.29, 1.82) is 0 Å². The van der Waals surface area contributed by atoms with Gasteiger partial charge >= 0.3 is 5.69 Å². The highest BCUT2D eigenvalue weighted by Crippen LogP contribution is 2.27. The van der Waals surface area contributed by atoms with Crippen LogP contribution in [0.1, 0.15) is 29.8 Å². The monoisotopic (exact) mass is 494 g/mol. The topological polar surface area (TPSA) is 103 Å². The molecule has 0 saturated heterocycles. The summed E-state index contributed by atoms with van der Waals surface area (Å²) in [6.45, 7) is 5.03. The summed E-state index contributed by atoms with van der Waals surface area (Å²) in [4.78, 5) is 55.5. The number of thiazole rings is 1. The van der Waals surface area contributed by atoms with E-state index in [1.165, 1.54) is 34.6 Å². The molecule has 0 bridgehead atoms. The molecule has 4 aromatic rings. The summed E-state index contributed by atoms with van der Waals surface area (Å²) in [5.41, 5.74) is 1.54. The number of nitrogens with one attached hydrogen (secondary N) is 1. The van der Waals surface area contributed by atoms with Gasteiger partial charge in [0.2, 0.25) is 5.91 Å². The maximum Gasteiger partial charge on any atom is 0.337 e. The van der Waals surface area contributed by atoms with Crippen molar-refractivity contribution < 1.29 is 9.59 Å². The van der Waals surface area contributed by atoms with E-state index in [9.17, 15) is 19.2 Å². The van der Waals surface area contributed by atoms with Gasteiger partial charge in [-0.2, -0.15) is 0 Å². The van der Waals surface area contributed by atoms with Gasteiger partial charge in [0.25, 0.3) is 5.56 Å². The number of benzene rings is 2. The molecule has 0 aliphatic carbocycles. The van der Waals surface area contributed by atoms with Crippen molar-refractivity contribution in [1.82, 2.24) is 14.1 Å². The standard InChI is InChI=1S/C24H22N4O4S2/c1-4-33-23-26-21-20(34-23)22(31)28(18-11-5-14(2)6-12-18)24(32)27(21)13-19(30)25-17-9-7-16(8-10-17)15(3)29/h5-12H,4,13H2,1-3H3,(H,25,30). The molecule has 2 heterocycles. The van der Waals surface area contributed by atoms with Gasteiger partial charge in [0.1, 0.15) is 11.2 Å². The van der Waals surface area contributed by atoms with Crippen LogP contribution in [-0.4, -0.2) is 31.6 Å². The van der Waals surface area contributed by atoms with Crippen LogP contribution in [0.4, 0.5) is 5.69 Å². The Bertz CT molecular complexity index is 1500. The van der Waals surface area contributed by atoms with E-state index in [1.54, 1.807) is 36.4 Å². The Balaban J connectivity index is 1.77. The molecule has 0 saturated carbocycles. The molecule has 0 aliphatic heterocycles. The maximum absolute atomic E-state index is 13.4. The van der Waals surface area contributed by atoms with E-state index >= 15 is 0 Å². The molecule has 0 fully saturated rings. The summed E-state index contributed by atoms with van der Waals surface area (Å²) in [5, 5.41) is 2.73. The summed E-state index contributed by atoms with van der Waals surface area (Å²) < 4.78 is 3.28. The first-order valence-electron chi connectivity index (χ1n) is 10.6. The van der Waals surface area contributed by atoms with Crippen molar-refractivity contribution in [3.63, 3.8) is 0 Å². The summed E-state index contributed by atoms with van der Waals surface area (Å²) in [5.74, 6) is 0.229. The Labute approximate surface area is 203 Å². The van der Waals surface area contributed by atoms with Gasteiger partial charge in [0, 0.05) is 11.3 Å². The van der Waals surface area contributed by atoms with Crippen LogP contribution in [0.5, 0.6) is 0 Å². The summed E-state index contributed by atoms with van der Waals surface area (Å²) in [6.07, 6.45) is 0. The van der Waals surface area contributed by atoms with Gasteiger partial charge in [-0.25, -0.2) is 14.3 Å². The lowest BCUT2D eigenvalue weighted by Crippen LogP contribution is -2.40. The van der Waals surface area contributed by atoms with Crippen LogP contribution in [-0.2, 0) is 11.3 Å². The van der Waals surface area contributed by atoms with Gasteiger partial charge in [-0.15, -0.1) is 11.3 Å². The minimum atomic E-state index is -0.637. The lowest BCUT2D eigenvalue weighted by Gasteiger charge is -2.12. The molecule has 1 N–H and O–H groups in total. The Morgan fingerprint density at radius 2 is 1.74 bits per heavy atom. The second kappa shape index (κ2) is 9.78. The first kappa shape index (κ1) is 23.7. The quantitative estimate of drug-likeness (QED) is 0.309. The van der Waals surface area contributed by atoms with E-state index in [2.05, 4.69) is 10.3 Å². The fourth-order valence-corrected chi connectivity index (χ4v) is 5.37. The van der Waals surface area contributed by atoms with Crippen molar-refractivity contribution >= 4 is 50.8 Å². The fourth-order valence-electron chi connectivity index (χ4n) is 3.40. The molecule has 4 rings (SSSR count). The highest BCUT2D eigenvalue weighted by molar-refractivity contribution is 8.01. The van der Waals surface area contributed by atoms with Crippen molar-refractivity contribution in [3.05, 3.63) is 80.5 Å². The molecule has 0 radical (unpaired) electrons. The number of ketones is 1. The van der Waals surface area contributed by atoms with Crippen molar-refractivity contribution in [3.8, 4) is 5.69 Å². The number of Topliss-reactive ketones (excluding diaryl/α,β-unsaturated/α-hetero) is 1. The Hall–Kier alpha value is -3.50. The second-order valence-electron chi connectivity index (χ2n) is 7.59. The molecular weight excluding hydrogens is 472 g/mol. The minimum absolute atomic E-state index is 0.0746. The zero-order chi connectivity index (χ0) is 24.4. The van der Waals surface area contributed by atoms with Gasteiger partial charge < -0.3 is 5.32 Å². The number of fused-ring (bicyclic) bond motifs is 1. The highest BCUT2D eigenvalue weighted by Gasteiger charge is 2.20. The van der Waals surface area contributed by atoms with E-state index in [1.807, 2.05) is 26.0 Å². The third-order valence-electron chi connectivity index (χ3n) is 5.10. The molecule has 2 aromatic carbocycles. The normalized spacial score (nSPS) is 11.0. The van der Waals surface area contributed by atoms with Gasteiger partial charge in [0.05, 0.1) is 5.69 Å². The number of anilines is 1. The fraction of sp³-hybridized carbons (Fsp3) is 0.208. The van der Waals surface area contributed by atoms with Crippen LogP contribution in [0.2, 0.25) is 0 Å². The Morgan fingerprint density at radius 3 is 2.35 bits per heavy atom. The van der Waals surface area contributed by atoms with Gasteiger partial charge in [-0.05, 0) is 56.0 Å². The van der Waals surface area contributed by atoms with Crippen LogP contribution in [0.3, 0.4) is 0 Å². The van der Waals surface area contributed by atoms with E-state index in [4.69, 9.17) is 0 Å². The van der Waals surface area contributed by atoms with E-state index < -0.39 is 17.2 Å². The predicted octanol–water partition coefficient (Wildman–Crippen LogP) is 3.87. The molecule has 0 aliphatic rings.